The molecule has 0 aliphatic rings. The Bertz CT molecular complexity index is 497. The largest absolute Gasteiger partial charge is 0.375 e. The number of hydrazone groups is 1. The Kier molecular flexibility index (Phi) is 4.98. The van der Waals surface area contributed by atoms with Crippen molar-refractivity contribution in [2.45, 2.75) is 13.8 Å². The first-order valence-electron chi connectivity index (χ1n) is 5.08. The SMILES string of the molecule is CCNc1sc(/C(C)=N/NC(N)=S)cc1[N+](=O)[O-]. The molecule has 0 fully saturated rings. The molecule has 1 rings (SSSR count). The lowest BCUT2D eigenvalue weighted by Crippen LogP contribution is -2.25. The highest BCUT2D eigenvalue weighted by molar-refractivity contribution is 7.80. The quantitative estimate of drug-likeness (QED) is 0.329. The van der Waals surface area contributed by atoms with E-state index in [1.165, 1.54) is 17.4 Å². The van der Waals surface area contributed by atoms with Gasteiger partial charge in [-0.05, 0) is 26.1 Å². The summed E-state index contributed by atoms with van der Waals surface area (Å²) in [6.07, 6.45) is 0. The van der Waals surface area contributed by atoms with E-state index in [-0.39, 0.29) is 10.8 Å². The lowest BCUT2D eigenvalue weighted by Gasteiger charge is -1.98. The van der Waals surface area contributed by atoms with Crippen molar-refractivity contribution in [3.8, 4) is 0 Å². The average Bonchev–Trinajstić information content (AvgIpc) is 2.70. The van der Waals surface area contributed by atoms with Gasteiger partial charge in [0.15, 0.2) is 10.1 Å². The van der Waals surface area contributed by atoms with Crippen LogP contribution in [0.1, 0.15) is 18.7 Å². The molecule has 0 spiro atoms. The van der Waals surface area contributed by atoms with E-state index in [0.29, 0.717) is 22.1 Å². The van der Waals surface area contributed by atoms with Gasteiger partial charge in [-0.25, -0.2) is 0 Å². The van der Waals surface area contributed by atoms with Gasteiger partial charge >= 0.3 is 5.69 Å². The molecule has 1 aromatic rings. The van der Waals surface area contributed by atoms with Crippen molar-refractivity contribution in [1.29, 1.82) is 0 Å². The normalized spacial score (nSPS) is 11.1. The van der Waals surface area contributed by atoms with Crippen molar-refractivity contribution < 1.29 is 4.92 Å². The molecule has 0 saturated carbocycles. The minimum Gasteiger partial charge on any atom is -0.375 e. The van der Waals surface area contributed by atoms with Gasteiger partial charge in [0.1, 0.15) is 0 Å². The molecule has 0 aliphatic heterocycles. The zero-order chi connectivity index (χ0) is 13.7. The first-order chi connectivity index (χ1) is 8.45. The summed E-state index contributed by atoms with van der Waals surface area (Å²) in [7, 11) is 0. The standard InChI is InChI=1S/C9H13N5O2S2/c1-3-11-8-6(14(15)16)4-7(18-8)5(2)12-13-9(10)17/h4,11H,3H2,1-2H3,(H3,10,13,17)/b12-5+. The van der Waals surface area contributed by atoms with E-state index in [1.807, 2.05) is 6.92 Å². The van der Waals surface area contributed by atoms with Crippen LogP contribution >= 0.6 is 23.6 Å². The molecule has 0 saturated heterocycles. The zero-order valence-corrected chi connectivity index (χ0v) is 11.5. The van der Waals surface area contributed by atoms with E-state index in [4.69, 9.17) is 5.73 Å². The molecule has 0 radical (unpaired) electrons. The fourth-order valence-corrected chi connectivity index (χ4v) is 2.26. The Hall–Kier alpha value is -1.74. The highest BCUT2D eigenvalue weighted by atomic mass is 32.1. The first-order valence-corrected chi connectivity index (χ1v) is 6.30. The lowest BCUT2D eigenvalue weighted by molar-refractivity contribution is -0.383. The smallest absolute Gasteiger partial charge is 0.304 e. The number of nitrogens with two attached hydrogens (primary N) is 1. The number of nitrogens with zero attached hydrogens (tertiary/aromatic N) is 2. The number of thiophene rings is 1. The van der Waals surface area contributed by atoms with Gasteiger partial charge in [-0.15, -0.1) is 11.3 Å². The Morgan fingerprint density at radius 2 is 2.39 bits per heavy atom. The van der Waals surface area contributed by atoms with Crippen LogP contribution in [-0.2, 0) is 0 Å². The van der Waals surface area contributed by atoms with Crippen molar-refractivity contribution in [3.05, 3.63) is 21.1 Å². The number of anilines is 1. The van der Waals surface area contributed by atoms with Crippen LogP contribution < -0.4 is 16.5 Å². The third-order valence-electron chi connectivity index (χ3n) is 1.94. The molecule has 7 nitrogen and oxygen atoms in total. The molecule has 98 valence electrons. The molecule has 4 N–H and O–H groups in total. The second kappa shape index (κ2) is 6.26. The van der Waals surface area contributed by atoms with Gasteiger partial charge in [-0.3, -0.25) is 15.5 Å². The summed E-state index contributed by atoms with van der Waals surface area (Å²) < 4.78 is 0. The summed E-state index contributed by atoms with van der Waals surface area (Å²) in [6, 6.07) is 1.47. The van der Waals surface area contributed by atoms with E-state index in [1.54, 1.807) is 6.92 Å². The van der Waals surface area contributed by atoms with Gasteiger partial charge in [-0.1, -0.05) is 0 Å². The second-order valence-electron chi connectivity index (χ2n) is 3.29. The van der Waals surface area contributed by atoms with Gasteiger partial charge in [0.05, 0.1) is 15.5 Å². The Labute approximate surface area is 113 Å². The van der Waals surface area contributed by atoms with Crippen molar-refractivity contribution in [1.82, 2.24) is 5.43 Å². The topological polar surface area (TPSA) is 106 Å². The molecule has 0 amide bonds. The molecule has 0 aromatic carbocycles. The summed E-state index contributed by atoms with van der Waals surface area (Å²) in [6.45, 7) is 4.21. The highest BCUT2D eigenvalue weighted by Crippen LogP contribution is 2.34. The third kappa shape index (κ3) is 3.64. The third-order valence-corrected chi connectivity index (χ3v) is 3.22. The number of nitro groups is 1. The van der Waals surface area contributed by atoms with E-state index in [0.717, 1.165) is 0 Å². The molecule has 0 aliphatic carbocycles. The van der Waals surface area contributed by atoms with Gasteiger partial charge < -0.3 is 11.1 Å². The van der Waals surface area contributed by atoms with E-state index >= 15 is 0 Å². The van der Waals surface area contributed by atoms with Gasteiger partial charge in [0.25, 0.3) is 0 Å². The van der Waals surface area contributed by atoms with Crippen LogP contribution in [0.2, 0.25) is 0 Å². The Balaban J connectivity index is 3.03. The summed E-state index contributed by atoms with van der Waals surface area (Å²) >= 11 is 5.88. The maximum atomic E-state index is 10.9. The van der Waals surface area contributed by atoms with Crippen LogP contribution in [0.15, 0.2) is 11.2 Å². The fraction of sp³-hybridized carbons (Fsp3) is 0.333. The number of hydrogen-bond donors (Lipinski definition) is 3. The van der Waals surface area contributed by atoms with Gasteiger partial charge in [0.2, 0.25) is 0 Å². The van der Waals surface area contributed by atoms with Crippen LogP contribution in [0.5, 0.6) is 0 Å². The first kappa shape index (κ1) is 14.3. The molecular formula is C9H13N5O2S2. The second-order valence-corrected chi connectivity index (χ2v) is 4.78. The molecule has 9 heteroatoms. The van der Waals surface area contributed by atoms with Crippen molar-refractivity contribution >= 4 is 45.1 Å². The summed E-state index contributed by atoms with van der Waals surface area (Å²) in [5.74, 6) is 0. The Morgan fingerprint density at radius 1 is 1.72 bits per heavy atom. The van der Waals surface area contributed by atoms with E-state index in [2.05, 4.69) is 28.1 Å². The van der Waals surface area contributed by atoms with Crippen molar-refractivity contribution in [2.75, 3.05) is 11.9 Å². The van der Waals surface area contributed by atoms with Crippen molar-refractivity contribution in [2.24, 2.45) is 10.8 Å². The van der Waals surface area contributed by atoms with Crippen LogP contribution in [0.3, 0.4) is 0 Å². The van der Waals surface area contributed by atoms with Crippen LogP contribution in [-0.4, -0.2) is 22.3 Å². The molecule has 18 heavy (non-hydrogen) atoms. The minimum atomic E-state index is -0.424. The monoisotopic (exact) mass is 287 g/mol. The zero-order valence-electron chi connectivity index (χ0n) is 9.89. The molecule has 0 atom stereocenters. The van der Waals surface area contributed by atoms with E-state index < -0.39 is 4.92 Å². The Morgan fingerprint density at radius 3 is 2.89 bits per heavy atom. The summed E-state index contributed by atoms with van der Waals surface area (Å²) in [4.78, 5) is 11.1. The van der Waals surface area contributed by atoms with Crippen molar-refractivity contribution in [3.63, 3.8) is 0 Å². The highest BCUT2D eigenvalue weighted by Gasteiger charge is 2.19. The predicted octanol–water partition coefficient (Wildman–Crippen LogP) is 1.65. The predicted molar refractivity (Wildman–Crippen MR) is 77.3 cm³/mol. The maximum Gasteiger partial charge on any atom is 0.304 e. The minimum absolute atomic E-state index is 0.0433. The summed E-state index contributed by atoms with van der Waals surface area (Å²) in [5, 5.41) is 18.3. The van der Waals surface area contributed by atoms with Crippen LogP contribution in [0, 0.1) is 10.1 Å². The van der Waals surface area contributed by atoms with Gasteiger partial charge in [-0.2, -0.15) is 5.10 Å². The fourth-order valence-electron chi connectivity index (χ4n) is 1.18. The average molecular weight is 287 g/mol. The number of nitrogens with one attached hydrogen (secondary N) is 2. The number of rotatable bonds is 5. The molecule has 0 bridgehead atoms. The molecule has 0 unspecified atom stereocenters. The van der Waals surface area contributed by atoms with E-state index in [9.17, 15) is 10.1 Å². The molecule has 1 heterocycles. The number of thiocarbonyl (C=S) groups is 1. The van der Waals surface area contributed by atoms with Gasteiger partial charge in [0, 0.05) is 12.6 Å². The molecular weight excluding hydrogens is 274 g/mol. The van der Waals surface area contributed by atoms with Crippen LogP contribution in [0.4, 0.5) is 10.7 Å². The number of hydrogen-bond acceptors (Lipinski definition) is 6. The lowest BCUT2D eigenvalue weighted by atomic mass is 10.3. The molecule has 1 aromatic heterocycles. The van der Waals surface area contributed by atoms with Crippen LogP contribution in [0.25, 0.3) is 0 Å². The maximum absolute atomic E-state index is 10.9. The summed E-state index contributed by atoms with van der Waals surface area (Å²) in [5.41, 5.74) is 8.32.